The summed E-state index contributed by atoms with van der Waals surface area (Å²) in [6, 6.07) is -0.960. The van der Waals surface area contributed by atoms with E-state index in [1.54, 1.807) is 0 Å². The smallest absolute Gasteiger partial charge is 0.322 e. The van der Waals surface area contributed by atoms with Gasteiger partial charge in [-0.15, -0.1) is 11.3 Å². The van der Waals surface area contributed by atoms with Crippen LogP contribution in [0.3, 0.4) is 0 Å². The summed E-state index contributed by atoms with van der Waals surface area (Å²) in [6.07, 6.45) is 2.29. The van der Waals surface area contributed by atoms with Crippen LogP contribution < -0.4 is 4.72 Å². The van der Waals surface area contributed by atoms with Crippen LogP contribution >= 0.6 is 11.3 Å². The SMILES string of the molecule is Cc1csc(CCNS(=O)(=O)N2CCCCC2C(=O)O)n1. The Hall–Kier alpha value is -1.03. The van der Waals surface area contributed by atoms with E-state index in [0.29, 0.717) is 19.3 Å². The summed E-state index contributed by atoms with van der Waals surface area (Å²) in [7, 11) is -3.76. The largest absolute Gasteiger partial charge is 0.480 e. The lowest BCUT2D eigenvalue weighted by atomic mass is 10.1. The molecule has 0 amide bonds. The molecule has 1 fully saturated rings. The zero-order chi connectivity index (χ0) is 15.5. The van der Waals surface area contributed by atoms with E-state index >= 15 is 0 Å². The normalized spacial score (nSPS) is 20.5. The molecule has 9 heteroatoms. The molecule has 1 aliphatic heterocycles. The number of thiazole rings is 1. The average molecular weight is 333 g/mol. The zero-order valence-electron chi connectivity index (χ0n) is 11.8. The fourth-order valence-electron chi connectivity index (χ4n) is 2.33. The number of hydrogen-bond acceptors (Lipinski definition) is 5. The number of aryl methyl sites for hydroxylation is 1. The summed E-state index contributed by atoms with van der Waals surface area (Å²) < 4.78 is 28.0. The molecule has 1 aromatic rings. The van der Waals surface area contributed by atoms with Gasteiger partial charge in [-0.25, -0.2) is 9.71 Å². The summed E-state index contributed by atoms with van der Waals surface area (Å²) >= 11 is 1.49. The van der Waals surface area contributed by atoms with Crippen LogP contribution in [0.15, 0.2) is 5.38 Å². The van der Waals surface area contributed by atoms with Crippen molar-refractivity contribution in [2.45, 2.75) is 38.6 Å². The van der Waals surface area contributed by atoms with E-state index in [4.69, 9.17) is 5.11 Å². The first kappa shape index (κ1) is 16.3. The number of piperidine rings is 1. The van der Waals surface area contributed by atoms with Gasteiger partial charge in [0, 0.05) is 30.6 Å². The van der Waals surface area contributed by atoms with E-state index in [1.165, 1.54) is 11.3 Å². The minimum absolute atomic E-state index is 0.220. The van der Waals surface area contributed by atoms with Crippen LogP contribution in [0, 0.1) is 6.92 Å². The Labute approximate surface area is 128 Å². The number of carboxylic acids is 1. The first-order valence-corrected chi connectivity index (χ1v) is 9.12. The number of nitrogens with one attached hydrogen (secondary N) is 1. The van der Waals surface area contributed by atoms with Gasteiger partial charge < -0.3 is 5.11 Å². The van der Waals surface area contributed by atoms with Crippen molar-refractivity contribution in [1.29, 1.82) is 0 Å². The average Bonchev–Trinajstić information content (AvgIpc) is 2.84. The highest BCUT2D eigenvalue weighted by molar-refractivity contribution is 7.87. The molecule has 0 bridgehead atoms. The van der Waals surface area contributed by atoms with Gasteiger partial charge in [-0.05, 0) is 26.2 Å². The molecule has 0 spiro atoms. The molecule has 118 valence electrons. The van der Waals surface area contributed by atoms with Gasteiger partial charge in [-0.3, -0.25) is 4.79 Å². The maximum atomic E-state index is 12.2. The summed E-state index contributed by atoms with van der Waals surface area (Å²) in [5, 5.41) is 11.9. The first-order valence-electron chi connectivity index (χ1n) is 6.80. The fourth-order valence-corrected chi connectivity index (χ4v) is 4.53. The van der Waals surface area contributed by atoms with Gasteiger partial charge >= 0.3 is 5.97 Å². The van der Waals surface area contributed by atoms with E-state index in [2.05, 4.69) is 9.71 Å². The summed E-state index contributed by atoms with van der Waals surface area (Å²) in [5.74, 6) is -1.09. The first-order chi connectivity index (χ1) is 9.90. The predicted octanol–water partition coefficient (Wildman–Crippen LogP) is 0.768. The van der Waals surface area contributed by atoms with Crippen molar-refractivity contribution in [3.05, 3.63) is 16.1 Å². The van der Waals surface area contributed by atoms with Crippen LogP contribution in [-0.2, 0) is 21.4 Å². The molecular weight excluding hydrogens is 314 g/mol. The van der Waals surface area contributed by atoms with Gasteiger partial charge in [0.2, 0.25) is 0 Å². The lowest BCUT2D eigenvalue weighted by Crippen LogP contribution is -2.52. The lowest BCUT2D eigenvalue weighted by molar-refractivity contribution is -0.142. The van der Waals surface area contributed by atoms with Crippen LogP contribution in [0.4, 0.5) is 0 Å². The second-order valence-corrected chi connectivity index (χ2v) is 7.64. The van der Waals surface area contributed by atoms with Crippen LogP contribution in [0.2, 0.25) is 0 Å². The standard InChI is InChI=1S/C12H19N3O4S2/c1-9-8-20-11(14-9)5-6-13-21(18,19)15-7-3-2-4-10(15)12(16)17/h8,10,13H,2-7H2,1H3,(H,16,17). The van der Waals surface area contributed by atoms with Gasteiger partial charge in [0.05, 0.1) is 5.01 Å². The number of nitrogens with zero attached hydrogens (tertiary/aromatic N) is 2. The molecule has 0 aliphatic carbocycles. The Kier molecular flexibility index (Phi) is 5.31. The topological polar surface area (TPSA) is 99.6 Å². The van der Waals surface area contributed by atoms with Crippen molar-refractivity contribution in [2.24, 2.45) is 0 Å². The zero-order valence-corrected chi connectivity index (χ0v) is 13.4. The Bertz CT molecular complexity index is 599. The molecule has 0 saturated carbocycles. The Morgan fingerprint density at radius 1 is 1.57 bits per heavy atom. The molecule has 7 nitrogen and oxygen atoms in total. The molecule has 1 atom stereocenters. The molecule has 0 aromatic carbocycles. The Morgan fingerprint density at radius 3 is 2.95 bits per heavy atom. The number of aromatic nitrogens is 1. The van der Waals surface area contributed by atoms with E-state index in [1.807, 2.05) is 12.3 Å². The highest BCUT2D eigenvalue weighted by Gasteiger charge is 2.36. The van der Waals surface area contributed by atoms with Gasteiger partial charge in [0.25, 0.3) is 10.2 Å². The number of hydrogen-bond donors (Lipinski definition) is 2. The summed E-state index contributed by atoms with van der Waals surface area (Å²) in [4.78, 5) is 15.4. The highest BCUT2D eigenvalue weighted by atomic mass is 32.2. The van der Waals surface area contributed by atoms with E-state index < -0.39 is 22.2 Å². The Morgan fingerprint density at radius 2 is 2.33 bits per heavy atom. The minimum atomic E-state index is -3.76. The molecule has 1 aliphatic rings. The highest BCUT2D eigenvalue weighted by Crippen LogP contribution is 2.20. The van der Waals surface area contributed by atoms with Crippen LogP contribution in [0.5, 0.6) is 0 Å². The van der Waals surface area contributed by atoms with Crippen molar-refractivity contribution < 1.29 is 18.3 Å². The van der Waals surface area contributed by atoms with E-state index in [0.717, 1.165) is 21.4 Å². The van der Waals surface area contributed by atoms with Crippen molar-refractivity contribution >= 4 is 27.5 Å². The molecule has 1 saturated heterocycles. The van der Waals surface area contributed by atoms with Gasteiger partial charge in [0.15, 0.2) is 0 Å². The van der Waals surface area contributed by atoms with Crippen LogP contribution in [-0.4, -0.2) is 47.9 Å². The lowest BCUT2D eigenvalue weighted by Gasteiger charge is -2.31. The molecule has 0 radical (unpaired) electrons. The summed E-state index contributed by atoms with van der Waals surface area (Å²) in [5.41, 5.74) is 0.917. The molecule has 2 heterocycles. The number of aliphatic carboxylic acids is 1. The van der Waals surface area contributed by atoms with Crippen molar-refractivity contribution in [3.63, 3.8) is 0 Å². The third-order valence-electron chi connectivity index (χ3n) is 3.34. The predicted molar refractivity (Wildman–Crippen MR) is 79.5 cm³/mol. The number of rotatable bonds is 6. The van der Waals surface area contributed by atoms with E-state index in [9.17, 15) is 13.2 Å². The molecule has 2 rings (SSSR count). The van der Waals surface area contributed by atoms with E-state index in [-0.39, 0.29) is 13.1 Å². The molecular formula is C12H19N3O4S2. The molecule has 1 unspecified atom stereocenters. The number of carboxylic acid groups (broad SMARTS) is 1. The maximum Gasteiger partial charge on any atom is 0.322 e. The quantitative estimate of drug-likeness (QED) is 0.801. The second kappa shape index (κ2) is 6.82. The molecule has 1 aromatic heterocycles. The van der Waals surface area contributed by atoms with Crippen LogP contribution in [0.25, 0.3) is 0 Å². The molecule has 21 heavy (non-hydrogen) atoms. The van der Waals surface area contributed by atoms with Gasteiger partial charge in [-0.1, -0.05) is 0 Å². The minimum Gasteiger partial charge on any atom is -0.480 e. The van der Waals surface area contributed by atoms with Gasteiger partial charge in [0.1, 0.15) is 6.04 Å². The van der Waals surface area contributed by atoms with Gasteiger partial charge in [-0.2, -0.15) is 12.7 Å². The number of carbonyl (C=O) groups is 1. The maximum absolute atomic E-state index is 12.2. The Balaban J connectivity index is 1.95. The monoisotopic (exact) mass is 333 g/mol. The third-order valence-corrected chi connectivity index (χ3v) is 5.99. The van der Waals surface area contributed by atoms with Crippen molar-refractivity contribution in [3.8, 4) is 0 Å². The fraction of sp³-hybridized carbons (Fsp3) is 0.667. The van der Waals surface area contributed by atoms with Crippen LogP contribution in [0.1, 0.15) is 30.0 Å². The summed E-state index contributed by atoms with van der Waals surface area (Å²) in [6.45, 7) is 2.36. The second-order valence-electron chi connectivity index (χ2n) is 4.99. The van der Waals surface area contributed by atoms with Crippen molar-refractivity contribution in [1.82, 2.24) is 14.0 Å². The molecule has 2 N–H and O–H groups in total. The van der Waals surface area contributed by atoms with Crippen molar-refractivity contribution in [2.75, 3.05) is 13.1 Å². The third kappa shape index (κ3) is 4.22.